The molecule has 4 rings (SSSR count). The highest BCUT2D eigenvalue weighted by molar-refractivity contribution is 7.10. The Morgan fingerprint density at radius 2 is 2.18 bits per heavy atom. The fourth-order valence-electron chi connectivity index (χ4n) is 4.39. The molecule has 2 aliphatic rings. The van der Waals surface area contributed by atoms with Crippen LogP contribution in [-0.4, -0.2) is 72.9 Å². The maximum absolute atomic E-state index is 14.1. The van der Waals surface area contributed by atoms with Crippen LogP contribution in [-0.2, 0) is 16.0 Å². The van der Waals surface area contributed by atoms with Gasteiger partial charge in [0.05, 0.1) is 31.9 Å². The Morgan fingerprint density at radius 3 is 2.94 bits per heavy atom. The lowest BCUT2D eigenvalue weighted by atomic mass is 10.0. The number of thiophene rings is 1. The summed E-state index contributed by atoms with van der Waals surface area (Å²) in [7, 11) is 0. The van der Waals surface area contributed by atoms with Gasteiger partial charge in [0.15, 0.2) is 11.6 Å². The second kappa shape index (κ2) is 11.9. The number of carbonyl (C=O) groups excluding carboxylic acids is 1. The zero-order chi connectivity index (χ0) is 23.9. The van der Waals surface area contributed by atoms with Crippen LogP contribution in [0.1, 0.15) is 29.3 Å². The fourth-order valence-corrected chi connectivity index (χ4v) is 5.32. The van der Waals surface area contributed by atoms with Crippen molar-refractivity contribution in [3.05, 3.63) is 64.6 Å². The molecule has 1 aliphatic carbocycles. The first kappa shape index (κ1) is 24.9. The normalized spacial score (nSPS) is 18.6. The average Bonchev–Trinajstić information content (AvgIpc) is 3.50. The van der Waals surface area contributed by atoms with Gasteiger partial charge in [-0.05, 0) is 54.3 Å². The third-order valence-corrected chi connectivity index (χ3v) is 7.23. The van der Waals surface area contributed by atoms with E-state index in [9.17, 15) is 14.3 Å². The Hall–Kier alpha value is -2.26. The molecule has 8 heteroatoms. The summed E-state index contributed by atoms with van der Waals surface area (Å²) in [6.07, 6.45) is 4.10. The zero-order valence-corrected chi connectivity index (χ0v) is 20.2. The minimum absolute atomic E-state index is 0.00107. The van der Waals surface area contributed by atoms with Crippen molar-refractivity contribution in [1.82, 2.24) is 9.80 Å². The molecule has 34 heavy (non-hydrogen) atoms. The van der Waals surface area contributed by atoms with Gasteiger partial charge in [-0.25, -0.2) is 4.39 Å². The lowest BCUT2D eigenvalue weighted by Gasteiger charge is -2.37. The largest absolute Gasteiger partial charge is 0.488 e. The second-order valence-electron chi connectivity index (χ2n) is 9.01. The molecule has 0 bridgehead atoms. The number of aliphatic hydroxyl groups is 1. The molecule has 1 N–H and O–H groups in total. The molecule has 6 nitrogen and oxygen atoms in total. The van der Waals surface area contributed by atoms with Crippen molar-refractivity contribution in [2.75, 3.05) is 46.0 Å². The van der Waals surface area contributed by atoms with Gasteiger partial charge >= 0.3 is 0 Å². The van der Waals surface area contributed by atoms with Gasteiger partial charge in [-0.15, -0.1) is 17.9 Å². The Kier molecular flexibility index (Phi) is 8.72. The van der Waals surface area contributed by atoms with E-state index in [2.05, 4.69) is 6.58 Å². The summed E-state index contributed by atoms with van der Waals surface area (Å²) in [5.41, 5.74) is 1.08. The maximum Gasteiger partial charge on any atom is 0.237 e. The highest BCUT2D eigenvalue weighted by atomic mass is 32.1. The number of amides is 1. The highest BCUT2D eigenvalue weighted by Gasteiger charge is 2.34. The molecule has 2 atom stereocenters. The molecule has 1 aromatic heterocycles. The topological polar surface area (TPSA) is 62.2 Å². The molecule has 184 valence electrons. The van der Waals surface area contributed by atoms with E-state index in [-0.39, 0.29) is 37.5 Å². The molecule has 1 aromatic carbocycles. The van der Waals surface area contributed by atoms with Crippen LogP contribution in [0.15, 0.2) is 48.4 Å². The Balaban J connectivity index is 1.43. The van der Waals surface area contributed by atoms with Crippen LogP contribution >= 0.6 is 11.3 Å². The first-order valence-corrected chi connectivity index (χ1v) is 12.7. The number of rotatable bonds is 13. The lowest BCUT2D eigenvalue weighted by Crippen LogP contribution is -2.48. The van der Waals surface area contributed by atoms with Crippen molar-refractivity contribution in [2.24, 2.45) is 5.92 Å². The summed E-state index contributed by atoms with van der Waals surface area (Å²) in [6, 6.07) is 8.10. The summed E-state index contributed by atoms with van der Waals surface area (Å²) in [5, 5.41) is 12.4. The van der Waals surface area contributed by atoms with E-state index >= 15 is 0 Å². The van der Waals surface area contributed by atoms with Gasteiger partial charge in [0.25, 0.3) is 0 Å². The molecule has 0 unspecified atom stereocenters. The van der Waals surface area contributed by atoms with Gasteiger partial charge < -0.3 is 19.5 Å². The number of hydrogen-bond donors (Lipinski definition) is 1. The number of benzene rings is 1. The minimum Gasteiger partial charge on any atom is -0.488 e. The Bertz CT molecular complexity index is 964. The maximum atomic E-state index is 14.1. The number of para-hydroxylation sites is 1. The zero-order valence-electron chi connectivity index (χ0n) is 19.4. The first-order valence-electron chi connectivity index (χ1n) is 11.9. The van der Waals surface area contributed by atoms with E-state index in [1.165, 1.54) is 10.9 Å². The molecule has 2 aromatic rings. The average molecular weight is 489 g/mol. The van der Waals surface area contributed by atoms with Crippen molar-refractivity contribution >= 4 is 17.2 Å². The van der Waals surface area contributed by atoms with Crippen molar-refractivity contribution in [3.63, 3.8) is 0 Å². The van der Waals surface area contributed by atoms with Crippen LogP contribution in [0.5, 0.6) is 5.75 Å². The van der Waals surface area contributed by atoms with Crippen LogP contribution in [0.2, 0.25) is 0 Å². The number of fused-ring (bicyclic) bond motifs is 1. The van der Waals surface area contributed by atoms with Gasteiger partial charge in [0, 0.05) is 24.5 Å². The Labute approximate surface area is 204 Å². The van der Waals surface area contributed by atoms with Crippen molar-refractivity contribution in [1.29, 1.82) is 0 Å². The molecule has 2 heterocycles. The van der Waals surface area contributed by atoms with Crippen LogP contribution in [0.4, 0.5) is 4.39 Å². The summed E-state index contributed by atoms with van der Waals surface area (Å²) in [4.78, 5) is 18.6. The van der Waals surface area contributed by atoms with E-state index < -0.39 is 11.9 Å². The quantitative estimate of drug-likeness (QED) is 0.344. The van der Waals surface area contributed by atoms with Gasteiger partial charge in [0.1, 0.15) is 6.61 Å². The van der Waals surface area contributed by atoms with Gasteiger partial charge in [-0.1, -0.05) is 18.2 Å². The summed E-state index contributed by atoms with van der Waals surface area (Å²) in [5.74, 6) is 0.359. The summed E-state index contributed by atoms with van der Waals surface area (Å²) in [6.45, 7) is 6.40. The summed E-state index contributed by atoms with van der Waals surface area (Å²) < 4.78 is 25.3. The van der Waals surface area contributed by atoms with E-state index in [0.717, 1.165) is 31.4 Å². The van der Waals surface area contributed by atoms with Gasteiger partial charge in [-0.2, -0.15) is 0 Å². The second-order valence-corrected chi connectivity index (χ2v) is 10.0. The first-order chi connectivity index (χ1) is 16.5. The lowest BCUT2D eigenvalue weighted by molar-refractivity contribution is -0.136. The molecule has 1 fully saturated rings. The van der Waals surface area contributed by atoms with Crippen LogP contribution in [0, 0.1) is 11.7 Å². The SMILES string of the molecule is C=CCOC[C@@H](O)CN(CC(=O)N1CCc2sccc2[C@@H]1COc1ccccc1F)CC1CC1. The predicted molar refractivity (Wildman–Crippen MR) is 131 cm³/mol. The number of nitrogens with zero attached hydrogens (tertiary/aromatic N) is 2. The molecular weight excluding hydrogens is 455 g/mol. The van der Waals surface area contributed by atoms with E-state index in [0.29, 0.717) is 25.6 Å². The minimum atomic E-state index is -0.670. The van der Waals surface area contributed by atoms with E-state index in [1.54, 1.807) is 35.6 Å². The standard InChI is InChI=1S/C26H33FN2O4S/c1-2-12-32-17-20(30)15-28(14-19-7-8-19)16-26(31)29-11-9-25-21(10-13-34-25)23(29)18-33-24-6-4-3-5-22(24)27/h2-6,10,13,19-20,23,30H,1,7-9,11-12,14-18H2/t20-,23-/m0/s1. The Morgan fingerprint density at radius 1 is 1.35 bits per heavy atom. The highest BCUT2D eigenvalue weighted by Crippen LogP contribution is 2.35. The molecule has 1 saturated carbocycles. The monoisotopic (exact) mass is 488 g/mol. The molecule has 0 saturated heterocycles. The molecule has 0 spiro atoms. The van der Waals surface area contributed by atoms with Crippen molar-refractivity contribution in [2.45, 2.75) is 31.4 Å². The smallest absolute Gasteiger partial charge is 0.237 e. The fraction of sp³-hybridized carbons (Fsp3) is 0.500. The predicted octanol–water partition coefficient (Wildman–Crippen LogP) is 3.67. The van der Waals surface area contributed by atoms with Gasteiger partial charge in [-0.3, -0.25) is 9.69 Å². The molecule has 1 amide bonds. The van der Waals surface area contributed by atoms with Crippen LogP contribution in [0.3, 0.4) is 0 Å². The third-order valence-electron chi connectivity index (χ3n) is 6.24. The van der Waals surface area contributed by atoms with Gasteiger partial charge in [0.2, 0.25) is 5.91 Å². The number of hydrogen-bond acceptors (Lipinski definition) is 6. The summed E-state index contributed by atoms with van der Waals surface area (Å²) >= 11 is 1.68. The molecule has 0 radical (unpaired) electrons. The van der Waals surface area contributed by atoms with Crippen LogP contribution in [0.25, 0.3) is 0 Å². The third kappa shape index (κ3) is 6.66. The van der Waals surface area contributed by atoms with Crippen molar-refractivity contribution < 1.29 is 23.8 Å². The number of carbonyl (C=O) groups is 1. The molecule has 1 aliphatic heterocycles. The van der Waals surface area contributed by atoms with Crippen molar-refractivity contribution in [3.8, 4) is 5.75 Å². The number of aliphatic hydroxyl groups excluding tert-OH is 1. The number of halogens is 1. The molecular formula is C26H33FN2O4S. The van der Waals surface area contributed by atoms with E-state index in [4.69, 9.17) is 9.47 Å². The number of ether oxygens (including phenoxy) is 2. The van der Waals surface area contributed by atoms with E-state index in [1.807, 2.05) is 21.2 Å². The van der Waals surface area contributed by atoms with Crippen LogP contribution < -0.4 is 4.74 Å².